The summed E-state index contributed by atoms with van der Waals surface area (Å²) in [5.41, 5.74) is -0.233. The van der Waals surface area contributed by atoms with E-state index in [9.17, 15) is 28.8 Å². The Hall–Kier alpha value is -6.04. The van der Waals surface area contributed by atoms with Gasteiger partial charge in [0.2, 0.25) is 0 Å². The van der Waals surface area contributed by atoms with Crippen molar-refractivity contribution in [1.29, 1.82) is 0 Å². The van der Waals surface area contributed by atoms with Crippen molar-refractivity contribution in [3.05, 3.63) is 119 Å². The van der Waals surface area contributed by atoms with Gasteiger partial charge in [0.1, 0.15) is 18.6 Å². The average molecular weight is 631 g/mol. The molecule has 0 aliphatic heterocycles. The zero-order chi connectivity index (χ0) is 33.5. The maximum atomic E-state index is 13.1. The quantitative estimate of drug-likeness (QED) is 0.0915. The summed E-state index contributed by atoms with van der Waals surface area (Å²) in [4.78, 5) is 83.1. The largest absolute Gasteiger partial charge is 0.466 e. The Morgan fingerprint density at radius 3 is 1.39 bits per heavy atom. The van der Waals surface area contributed by atoms with E-state index in [0.717, 1.165) is 0 Å². The monoisotopic (exact) mass is 630 g/mol. The van der Waals surface area contributed by atoms with Crippen molar-refractivity contribution in [1.82, 2.24) is 0 Å². The first-order valence-electron chi connectivity index (χ1n) is 13.6. The molecular weight excluding hydrogens is 600 g/mol. The Kier molecular flexibility index (Phi) is 12.5. The number of hydrogen-bond acceptors (Lipinski definition) is 12. The van der Waals surface area contributed by atoms with E-state index in [-0.39, 0.29) is 16.7 Å². The maximum absolute atomic E-state index is 13.1. The molecule has 238 valence electrons. The van der Waals surface area contributed by atoms with Crippen molar-refractivity contribution in [2.45, 2.75) is 6.92 Å². The minimum atomic E-state index is -1.81. The van der Waals surface area contributed by atoms with E-state index in [1.54, 1.807) is 42.5 Å². The molecule has 0 saturated heterocycles. The van der Waals surface area contributed by atoms with E-state index < -0.39 is 54.4 Å². The molecule has 0 spiro atoms. The lowest BCUT2D eigenvalue weighted by molar-refractivity contribution is -0.247. The van der Waals surface area contributed by atoms with Crippen LogP contribution in [0.4, 0.5) is 0 Å². The van der Waals surface area contributed by atoms with Gasteiger partial charge in [-0.25, -0.2) is 38.5 Å². The Morgan fingerprint density at radius 1 is 0.565 bits per heavy atom. The Balaban J connectivity index is 1.70. The Bertz CT molecular complexity index is 1520. The highest BCUT2D eigenvalue weighted by molar-refractivity contribution is 5.92. The van der Waals surface area contributed by atoms with Gasteiger partial charge in [0.25, 0.3) is 0 Å². The summed E-state index contributed by atoms with van der Waals surface area (Å²) in [6, 6.07) is 19.8. The smallest absolute Gasteiger partial charge is 0.386 e. The molecule has 3 aromatic carbocycles. The van der Waals surface area contributed by atoms with Crippen LogP contribution in [0.2, 0.25) is 0 Å². The van der Waals surface area contributed by atoms with Gasteiger partial charge in [-0.05, 0) is 66.6 Å². The summed E-state index contributed by atoms with van der Waals surface area (Å²) in [6.45, 7) is 0.0534. The van der Waals surface area contributed by atoms with Crippen LogP contribution in [0.25, 0.3) is 12.2 Å². The van der Waals surface area contributed by atoms with Crippen molar-refractivity contribution in [2.75, 3.05) is 27.4 Å². The predicted octanol–water partition coefficient (Wildman–Crippen LogP) is 4.39. The molecule has 0 amide bonds. The normalized spacial score (nSPS) is 11.0. The molecule has 0 unspecified atom stereocenters. The first kappa shape index (κ1) is 34.5. The van der Waals surface area contributed by atoms with Gasteiger partial charge < -0.3 is 18.9 Å². The highest BCUT2D eigenvalue weighted by atomic mass is 17.2. The zero-order valence-electron chi connectivity index (χ0n) is 25.1. The topological polar surface area (TPSA) is 158 Å². The number of carbonyl (C=O) groups is 6. The molecule has 3 rings (SSSR count). The molecule has 0 aromatic heterocycles. The molecule has 12 heteroatoms. The van der Waals surface area contributed by atoms with Crippen LogP contribution >= 0.6 is 0 Å². The second kappa shape index (κ2) is 16.7. The summed E-state index contributed by atoms with van der Waals surface area (Å²) in [5.74, 6) is -4.82. The zero-order valence-corrected chi connectivity index (χ0v) is 25.1. The first-order valence-corrected chi connectivity index (χ1v) is 13.6. The lowest BCUT2D eigenvalue weighted by Gasteiger charge is -2.25. The summed E-state index contributed by atoms with van der Waals surface area (Å²) >= 11 is 0. The molecule has 0 atom stereocenters. The molecule has 3 aromatic rings. The summed E-state index contributed by atoms with van der Waals surface area (Å²) in [5, 5.41) is 0. The van der Waals surface area contributed by atoms with Gasteiger partial charge in [-0.1, -0.05) is 42.5 Å². The molecule has 0 bridgehead atoms. The van der Waals surface area contributed by atoms with Crippen LogP contribution in [0, 0.1) is 5.41 Å². The second-order valence-electron chi connectivity index (χ2n) is 9.78. The standard InChI is InChI=1S/C34H30O12/c1-34(33(40)46-45-32(39)25-7-5-4-6-8-25,21-43-30(37)26-15-9-23(10-16-26)13-19-28(35)41-2)22-44-31(38)27-17-11-24(12-18-27)14-20-29(36)42-3/h4-20H,21-22H2,1-3H3/b19-13+,20-14+. The number of ether oxygens (including phenoxy) is 4. The molecule has 0 heterocycles. The number of esters is 4. The van der Waals surface area contributed by atoms with E-state index >= 15 is 0 Å². The molecule has 0 N–H and O–H groups in total. The second-order valence-corrected chi connectivity index (χ2v) is 9.78. The highest BCUT2D eigenvalue weighted by Gasteiger charge is 2.40. The third kappa shape index (κ3) is 10.3. The van der Waals surface area contributed by atoms with E-state index in [0.29, 0.717) is 11.1 Å². The van der Waals surface area contributed by atoms with Gasteiger partial charge in [-0.3, -0.25) is 0 Å². The third-order valence-electron chi connectivity index (χ3n) is 6.26. The predicted molar refractivity (Wildman–Crippen MR) is 162 cm³/mol. The number of rotatable bonds is 12. The Morgan fingerprint density at radius 2 is 0.978 bits per heavy atom. The van der Waals surface area contributed by atoms with Crippen LogP contribution in [-0.4, -0.2) is 63.2 Å². The van der Waals surface area contributed by atoms with Gasteiger partial charge in [0, 0.05) is 12.2 Å². The van der Waals surface area contributed by atoms with Crippen molar-refractivity contribution in [2.24, 2.45) is 5.41 Å². The van der Waals surface area contributed by atoms with Gasteiger partial charge >= 0.3 is 35.8 Å². The lowest BCUT2D eigenvalue weighted by Crippen LogP contribution is -2.40. The Labute approximate surface area is 264 Å². The minimum absolute atomic E-state index is 0.115. The highest BCUT2D eigenvalue weighted by Crippen LogP contribution is 2.23. The summed E-state index contributed by atoms with van der Waals surface area (Å²) < 4.78 is 19.8. The van der Waals surface area contributed by atoms with Gasteiger partial charge in [-0.15, -0.1) is 0 Å². The molecule has 46 heavy (non-hydrogen) atoms. The average Bonchev–Trinajstić information content (AvgIpc) is 3.10. The molecule has 0 aliphatic carbocycles. The first-order chi connectivity index (χ1) is 22.0. The van der Waals surface area contributed by atoms with Crippen LogP contribution in [0.5, 0.6) is 0 Å². The number of carbonyl (C=O) groups excluding carboxylic acids is 6. The molecule has 0 radical (unpaired) electrons. The number of methoxy groups -OCH3 is 2. The molecular formula is C34H30O12. The van der Waals surface area contributed by atoms with Crippen LogP contribution in [-0.2, 0) is 43.1 Å². The summed E-state index contributed by atoms with van der Waals surface area (Å²) in [7, 11) is 2.49. The van der Waals surface area contributed by atoms with Crippen LogP contribution in [0.15, 0.2) is 91.0 Å². The summed E-state index contributed by atoms with van der Waals surface area (Å²) in [6.07, 6.45) is 5.41. The van der Waals surface area contributed by atoms with Crippen LogP contribution in [0.3, 0.4) is 0 Å². The van der Waals surface area contributed by atoms with Gasteiger partial charge in [0.15, 0.2) is 0 Å². The van der Waals surface area contributed by atoms with Crippen molar-refractivity contribution < 1.29 is 57.5 Å². The number of hydrogen-bond donors (Lipinski definition) is 0. The maximum Gasteiger partial charge on any atom is 0.386 e. The van der Waals surface area contributed by atoms with Crippen LogP contribution in [0.1, 0.15) is 49.1 Å². The fourth-order valence-electron chi connectivity index (χ4n) is 3.50. The fourth-order valence-corrected chi connectivity index (χ4v) is 3.50. The molecule has 12 nitrogen and oxygen atoms in total. The van der Waals surface area contributed by atoms with E-state index in [1.807, 2.05) is 0 Å². The molecule has 0 fully saturated rings. The van der Waals surface area contributed by atoms with E-state index in [4.69, 9.17) is 19.2 Å². The van der Waals surface area contributed by atoms with E-state index in [1.165, 1.54) is 81.8 Å². The van der Waals surface area contributed by atoms with E-state index in [2.05, 4.69) is 9.47 Å². The molecule has 0 aliphatic rings. The van der Waals surface area contributed by atoms with Gasteiger partial charge in [0.05, 0.1) is 30.9 Å². The van der Waals surface area contributed by atoms with Crippen molar-refractivity contribution >= 4 is 48.0 Å². The third-order valence-corrected chi connectivity index (χ3v) is 6.26. The van der Waals surface area contributed by atoms with Crippen molar-refractivity contribution in [3.8, 4) is 0 Å². The van der Waals surface area contributed by atoms with Gasteiger partial charge in [-0.2, -0.15) is 0 Å². The minimum Gasteiger partial charge on any atom is -0.466 e. The number of benzene rings is 3. The van der Waals surface area contributed by atoms with Crippen molar-refractivity contribution in [3.63, 3.8) is 0 Å². The van der Waals surface area contributed by atoms with Crippen LogP contribution < -0.4 is 0 Å². The molecule has 0 saturated carbocycles. The fraction of sp³-hybridized carbons (Fsp3) is 0.176. The lowest BCUT2D eigenvalue weighted by atomic mass is 9.93. The SMILES string of the molecule is COC(=O)/C=C/c1ccc(C(=O)OCC(C)(COC(=O)c2ccc(/C=C/C(=O)OC)cc2)C(=O)OOC(=O)c2ccccc2)cc1.